The van der Waals surface area contributed by atoms with Crippen LogP contribution in [0.25, 0.3) is 10.6 Å². The number of rotatable bonds is 5. The Balaban J connectivity index is 1.77. The number of carbonyl (C=O) groups is 1. The van der Waals surface area contributed by atoms with Gasteiger partial charge in [0, 0.05) is 18.2 Å². The number of aromatic nitrogens is 2. The Kier molecular flexibility index (Phi) is 6.32. The lowest BCUT2D eigenvalue weighted by molar-refractivity contribution is 0.0869. The van der Waals surface area contributed by atoms with Crippen molar-refractivity contribution in [3.63, 3.8) is 0 Å². The summed E-state index contributed by atoms with van der Waals surface area (Å²) in [5.74, 6) is -0.221. The second-order valence-corrected chi connectivity index (χ2v) is 8.95. The molecular weight excluding hydrogens is 376 g/mol. The number of hydrogen-bond donors (Lipinski definition) is 3. The standard InChI is InChI=1S/C20H28N4O3S/c1-20(2,12-25)22-17(27)13-7-9-14(10-8-13)18-23-24(3)19(28-18)21-15-5-4-6-16(26)11-15/h7-10,15-16,25-26H,4-6,11-12H2,1-3H3,(H,22,27)/b21-19+. The van der Waals surface area contributed by atoms with Crippen molar-refractivity contribution in [1.29, 1.82) is 0 Å². The van der Waals surface area contributed by atoms with Gasteiger partial charge in [0.1, 0.15) is 5.01 Å². The van der Waals surface area contributed by atoms with Crippen molar-refractivity contribution in [3.05, 3.63) is 34.6 Å². The summed E-state index contributed by atoms with van der Waals surface area (Å²) in [6, 6.07) is 7.40. The molecule has 7 nitrogen and oxygen atoms in total. The van der Waals surface area contributed by atoms with E-state index in [4.69, 9.17) is 4.99 Å². The van der Waals surface area contributed by atoms with Gasteiger partial charge in [0.05, 0.1) is 24.3 Å². The van der Waals surface area contributed by atoms with Gasteiger partial charge < -0.3 is 15.5 Å². The Bertz CT molecular complexity index is 886. The molecule has 1 aliphatic rings. The maximum absolute atomic E-state index is 12.3. The van der Waals surface area contributed by atoms with Crippen LogP contribution in [-0.4, -0.2) is 50.2 Å². The molecule has 152 valence electrons. The summed E-state index contributed by atoms with van der Waals surface area (Å²) in [7, 11) is 1.87. The van der Waals surface area contributed by atoms with Crippen molar-refractivity contribution in [3.8, 4) is 10.6 Å². The smallest absolute Gasteiger partial charge is 0.251 e. The Morgan fingerprint density at radius 1 is 1.36 bits per heavy atom. The average Bonchev–Trinajstić information content (AvgIpc) is 3.02. The van der Waals surface area contributed by atoms with Gasteiger partial charge in [0.25, 0.3) is 5.91 Å². The van der Waals surface area contributed by atoms with Gasteiger partial charge in [-0.1, -0.05) is 23.5 Å². The van der Waals surface area contributed by atoms with E-state index in [1.807, 2.05) is 19.2 Å². The Morgan fingerprint density at radius 2 is 2.07 bits per heavy atom. The van der Waals surface area contributed by atoms with Crippen LogP contribution < -0.4 is 10.1 Å². The topological polar surface area (TPSA) is 99.7 Å². The summed E-state index contributed by atoms with van der Waals surface area (Å²) in [4.78, 5) is 17.9. The molecule has 1 fully saturated rings. The maximum atomic E-state index is 12.3. The molecule has 0 bridgehead atoms. The highest BCUT2D eigenvalue weighted by Crippen LogP contribution is 2.22. The van der Waals surface area contributed by atoms with E-state index in [0.29, 0.717) is 12.0 Å². The van der Waals surface area contributed by atoms with E-state index in [9.17, 15) is 15.0 Å². The molecule has 1 amide bonds. The monoisotopic (exact) mass is 404 g/mol. The summed E-state index contributed by atoms with van der Waals surface area (Å²) < 4.78 is 1.77. The molecule has 1 aliphatic carbocycles. The van der Waals surface area contributed by atoms with Crippen molar-refractivity contribution in [2.24, 2.45) is 12.0 Å². The largest absolute Gasteiger partial charge is 0.394 e. The van der Waals surface area contributed by atoms with Gasteiger partial charge in [-0.25, -0.2) is 4.68 Å². The predicted octanol–water partition coefficient (Wildman–Crippen LogP) is 1.85. The molecule has 1 aromatic carbocycles. The van der Waals surface area contributed by atoms with Crippen LogP contribution in [-0.2, 0) is 7.05 Å². The van der Waals surface area contributed by atoms with E-state index < -0.39 is 5.54 Å². The van der Waals surface area contributed by atoms with Crippen LogP contribution in [0.2, 0.25) is 0 Å². The fourth-order valence-electron chi connectivity index (χ4n) is 3.17. The van der Waals surface area contributed by atoms with Gasteiger partial charge in [0.15, 0.2) is 0 Å². The molecule has 0 aliphatic heterocycles. The number of aliphatic hydroxyl groups is 2. The van der Waals surface area contributed by atoms with E-state index in [-0.39, 0.29) is 24.7 Å². The zero-order valence-corrected chi connectivity index (χ0v) is 17.4. The minimum absolute atomic E-state index is 0.128. The van der Waals surface area contributed by atoms with E-state index in [2.05, 4.69) is 10.4 Å². The van der Waals surface area contributed by atoms with Crippen molar-refractivity contribution < 1.29 is 15.0 Å². The lowest BCUT2D eigenvalue weighted by Crippen LogP contribution is -2.46. The molecule has 0 spiro atoms. The summed E-state index contributed by atoms with van der Waals surface area (Å²) in [5, 5.41) is 27.3. The minimum atomic E-state index is -0.665. The number of aliphatic hydroxyl groups excluding tert-OH is 2. The van der Waals surface area contributed by atoms with Crippen molar-refractivity contribution in [2.75, 3.05) is 6.61 Å². The van der Waals surface area contributed by atoms with E-state index in [1.54, 1.807) is 30.7 Å². The van der Waals surface area contributed by atoms with Crippen LogP contribution in [0.4, 0.5) is 0 Å². The number of nitrogens with one attached hydrogen (secondary N) is 1. The van der Waals surface area contributed by atoms with Crippen molar-refractivity contribution in [1.82, 2.24) is 15.1 Å². The first kappa shape index (κ1) is 20.7. The molecule has 1 saturated carbocycles. The van der Waals surface area contributed by atoms with E-state index in [0.717, 1.165) is 34.6 Å². The highest BCUT2D eigenvalue weighted by atomic mass is 32.1. The lowest BCUT2D eigenvalue weighted by Gasteiger charge is -2.23. The van der Waals surface area contributed by atoms with Crippen molar-refractivity contribution in [2.45, 2.75) is 57.2 Å². The fourth-order valence-corrected chi connectivity index (χ4v) is 4.14. The first-order valence-electron chi connectivity index (χ1n) is 9.57. The molecule has 2 aromatic rings. The zero-order valence-electron chi connectivity index (χ0n) is 16.6. The Hall–Kier alpha value is -2.03. The predicted molar refractivity (Wildman–Crippen MR) is 109 cm³/mol. The van der Waals surface area contributed by atoms with Gasteiger partial charge in [-0.15, -0.1) is 0 Å². The van der Waals surface area contributed by atoms with E-state index in [1.165, 1.54) is 11.3 Å². The molecule has 1 aromatic heterocycles. The number of hydrogen-bond acceptors (Lipinski definition) is 6. The number of benzene rings is 1. The van der Waals surface area contributed by atoms with Crippen molar-refractivity contribution >= 4 is 17.2 Å². The molecule has 2 atom stereocenters. The second-order valence-electron chi connectivity index (χ2n) is 7.99. The maximum Gasteiger partial charge on any atom is 0.251 e. The van der Waals surface area contributed by atoms with Gasteiger partial charge >= 0.3 is 0 Å². The number of amides is 1. The molecule has 8 heteroatoms. The van der Waals surface area contributed by atoms with Crippen LogP contribution >= 0.6 is 11.3 Å². The molecule has 3 N–H and O–H groups in total. The van der Waals surface area contributed by atoms with Gasteiger partial charge in [-0.2, -0.15) is 5.10 Å². The lowest BCUT2D eigenvalue weighted by atomic mass is 9.94. The van der Waals surface area contributed by atoms with Gasteiger partial charge in [-0.05, 0) is 51.7 Å². The molecule has 3 rings (SSSR count). The first-order chi connectivity index (χ1) is 13.3. The normalized spacial score (nSPS) is 21.0. The highest BCUT2D eigenvalue weighted by Gasteiger charge is 2.21. The number of aryl methyl sites for hydroxylation is 1. The first-order valence-corrected chi connectivity index (χ1v) is 10.4. The molecular formula is C20H28N4O3S. The zero-order chi connectivity index (χ0) is 20.3. The number of carbonyl (C=O) groups excluding carboxylic acids is 1. The summed E-state index contributed by atoms with van der Waals surface area (Å²) >= 11 is 1.51. The third-order valence-corrected chi connectivity index (χ3v) is 5.92. The average molecular weight is 405 g/mol. The SMILES string of the molecule is Cn1nc(-c2ccc(C(=O)NC(C)(C)CO)cc2)s/c1=N/C1CCCC(O)C1. The summed E-state index contributed by atoms with van der Waals surface area (Å²) in [6.45, 7) is 3.41. The fraction of sp³-hybridized carbons (Fsp3) is 0.550. The van der Waals surface area contributed by atoms with Crippen LogP contribution in [0.1, 0.15) is 49.9 Å². The molecule has 1 heterocycles. The third-order valence-electron chi connectivity index (χ3n) is 4.86. The molecule has 28 heavy (non-hydrogen) atoms. The van der Waals surface area contributed by atoms with Crippen LogP contribution in [0.3, 0.4) is 0 Å². The van der Waals surface area contributed by atoms with Crippen LogP contribution in [0.15, 0.2) is 29.3 Å². The summed E-state index contributed by atoms with van der Waals surface area (Å²) in [6.07, 6.45) is 3.32. The second kappa shape index (κ2) is 8.55. The quantitative estimate of drug-likeness (QED) is 0.708. The molecule has 0 saturated heterocycles. The number of nitrogens with zero attached hydrogens (tertiary/aromatic N) is 3. The molecule has 0 radical (unpaired) electrons. The highest BCUT2D eigenvalue weighted by molar-refractivity contribution is 7.12. The van der Waals surface area contributed by atoms with Gasteiger partial charge in [-0.3, -0.25) is 9.79 Å². The van der Waals surface area contributed by atoms with Crippen LogP contribution in [0, 0.1) is 0 Å². The Morgan fingerprint density at radius 3 is 2.71 bits per heavy atom. The van der Waals surface area contributed by atoms with E-state index >= 15 is 0 Å². The summed E-state index contributed by atoms with van der Waals surface area (Å²) in [5.41, 5.74) is 0.790. The minimum Gasteiger partial charge on any atom is -0.394 e. The third kappa shape index (κ3) is 5.06. The van der Waals surface area contributed by atoms with Crippen LogP contribution in [0.5, 0.6) is 0 Å². The Labute approximate surface area is 168 Å². The van der Waals surface area contributed by atoms with Gasteiger partial charge in [0.2, 0.25) is 4.80 Å². The molecule has 2 unspecified atom stereocenters.